The largest absolute Gasteiger partial charge is 0.465 e. The van der Waals surface area contributed by atoms with Crippen LogP contribution < -0.4 is 15.5 Å². The number of methoxy groups -OCH3 is 1. The third-order valence-corrected chi connectivity index (χ3v) is 5.02. The van der Waals surface area contributed by atoms with Crippen molar-refractivity contribution in [2.24, 2.45) is 0 Å². The second kappa shape index (κ2) is 7.49. The lowest BCUT2D eigenvalue weighted by Gasteiger charge is -2.22. The van der Waals surface area contributed by atoms with Gasteiger partial charge in [0.05, 0.1) is 33.4 Å². The van der Waals surface area contributed by atoms with Gasteiger partial charge in [-0.15, -0.1) is 0 Å². The lowest BCUT2D eigenvalue weighted by molar-refractivity contribution is 0.129. The molecule has 2 atom stereocenters. The molecule has 3 heterocycles. The number of amides is 1. The average molecular weight is 412 g/mol. The van der Waals surface area contributed by atoms with Crippen molar-refractivity contribution in [1.29, 1.82) is 0 Å². The van der Waals surface area contributed by atoms with Gasteiger partial charge in [-0.25, -0.2) is 9.78 Å². The van der Waals surface area contributed by atoms with E-state index in [0.717, 1.165) is 39.8 Å². The van der Waals surface area contributed by atoms with Crippen LogP contribution in [0.15, 0.2) is 16.9 Å². The Morgan fingerprint density at radius 2 is 2.44 bits per heavy atom. The van der Waals surface area contributed by atoms with Crippen molar-refractivity contribution in [2.75, 3.05) is 37.0 Å². The molecule has 0 radical (unpaired) electrons. The third kappa shape index (κ3) is 3.82. The summed E-state index contributed by atoms with van der Waals surface area (Å²) in [5.74, 6) is 0. The van der Waals surface area contributed by atoms with Crippen LogP contribution in [0.25, 0.3) is 11.0 Å². The first-order chi connectivity index (χ1) is 12.0. The summed E-state index contributed by atoms with van der Waals surface area (Å²) in [6.45, 7) is 4.09. The van der Waals surface area contributed by atoms with Crippen molar-refractivity contribution in [1.82, 2.24) is 15.3 Å². The predicted molar refractivity (Wildman–Crippen MR) is 101 cm³/mol. The molecule has 136 valence electrons. The lowest BCUT2D eigenvalue weighted by Crippen LogP contribution is -2.36. The van der Waals surface area contributed by atoms with E-state index in [1.54, 1.807) is 13.3 Å². The van der Waals surface area contributed by atoms with E-state index >= 15 is 0 Å². The molecule has 0 spiro atoms. The molecule has 0 unspecified atom stereocenters. The molecule has 1 saturated heterocycles. The monoisotopic (exact) mass is 411 g/mol. The molecule has 0 saturated carbocycles. The zero-order valence-corrected chi connectivity index (χ0v) is 15.8. The molecule has 2 aromatic rings. The van der Waals surface area contributed by atoms with Crippen LogP contribution in [0.5, 0.6) is 0 Å². The molecule has 1 aliphatic heterocycles. The average Bonchev–Trinajstić information content (AvgIpc) is 3.19. The number of rotatable bonds is 6. The Hall–Kier alpha value is -2.00. The molecule has 3 rings (SSSR count). The summed E-state index contributed by atoms with van der Waals surface area (Å²) in [7, 11) is 1.69. The van der Waals surface area contributed by atoms with Crippen LogP contribution in [0.4, 0.5) is 16.2 Å². The first-order valence-electron chi connectivity index (χ1n) is 8.16. The highest BCUT2D eigenvalue weighted by Crippen LogP contribution is 2.39. The number of hydrogen-bond donors (Lipinski definition) is 4. The molecule has 0 bridgehead atoms. The van der Waals surface area contributed by atoms with Crippen molar-refractivity contribution >= 4 is 44.4 Å². The van der Waals surface area contributed by atoms with Crippen LogP contribution in [0.2, 0.25) is 0 Å². The molecule has 1 fully saturated rings. The number of halogens is 1. The fraction of sp³-hybridized carbons (Fsp3) is 0.500. The van der Waals surface area contributed by atoms with E-state index < -0.39 is 6.09 Å². The quantitative estimate of drug-likeness (QED) is 0.582. The molecule has 0 aromatic carbocycles. The molecule has 8 nitrogen and oxygen atoms in total. The fourth-order valence-corrected chi connectivity index (χ4v) is 3.65. The van der Waals surface area contributed by atoms with Crippen LogP contribution in [0.3, 0.4) is 0 Å². The maximum absolute atomic E-state index is 10.9. The van der Waals surface area contributed by atoms with E-state index in [9.17, 15) is 4.79 Å². The number of carbonyl (C=O) groups is 1. The highest BCUT2D eigenvalue weighted by molar-refractivity contribution is 9.10. The zero-order chi connectivity index (χ0) is 18.0. The second-order valence-corrected chi connectivity index (χ2v) is 7.04. The smallest absolute Gasteiger partial charge is 0.404 e. The number of anilines is 2. The Morgan fingerprint density at radius 1 is 1.64 bits per heavy atom. The van der Waals surface area contributed by atoms with Crippen molar-refractivity contribution in [2.45, 2.75) is 25.5 Å². The van der Waals surface area contributed by atoms with E-state index in [0.29, 0.717) is 13.1 Å². The first-order valence-corrected chi connectivity index (χ1v) is 8.95. The number of aromatic nitrogens is 2. The van der Waals surface area contributed by atoms with Crippen LogP contribution >= 0.6 is 15.9 Å². The van der Waals surface area contributed by atoms with Crippen LogP contribution in [0.1, 0.15) is 13.3 Å². The minimum absolute atomic E-state index is 0.0727. The van der Waals surface area contributed by atoms with Gasteiger partial charge in [-0.3, -0.25) is 0 Å². The summed E-state index contributed by atoms with van der Waals surface area (Å²) in [6, 6.07) is -0.0727. The number of carboxylic acid groups (broad SMARTS) is 1. The summed E-state index contributed by atoms with van der Waals surface area (Å²) in [4.78, 5) is 20.7. The number of hydrogen-bond acceptors (Lipinski definition) is 5. The fourth-order valence-electron chi connectivity index (χ4n) is 3.10. The number of H-pyrrole nitrogens is 1. The van der Waals surface area contributed by atoms with E-state index in [-0.39, 0.29) is 12.1 Å². The summed E-state index contributed by atoms with van der Waals surface area (Å²) < 4.78 is 6.18. The second-order valence-electron chi connectivity index (χ2n) is 6.19. The standard InChI is InChI=1S/C16H22BrN5O3/c1-9(25-2)5-18-12-7-20-15-13(12)14(11(17)6-19-15)22-4-3-10(8-22)21-16(23)24/h6-7,9-10,18,21H,3-5,8H2,1-2H3,(H,19,20)(H,23,24)/t9-,10-/m1/s1. The Labute approximate surface area is 154 Å². The van der Waals surface area contributed by atoms with E-state index in [1.807, 2.05) is 13.1 Å². The van der Waals surface area contributed by atoms with Gasteiger partial charge < -0.3 is 30.4 Å². The van der Waals surface area contributed by atoms with Crippen LogP contribution in [0, 0.1) is 0 Å². The summed E-state index contributed by atoms with van der Waals surface area (Å²) in [6.07, 6.45) is 3.55. The number of aromatic amines is 1. The highest BCUT2D eigenvalue weighted by Gasteiger charge is 2.28. The zero-order valence-electron chi connectivity index (χ0n) is 14.2. The van der Waals surface area contributed by atoms with Gasteiger partial charge in [0.25, 0.3) is 0 Å². The molecule has 25 heavy (non-hydrogen) atoms. The Kier molecular flexibility index (Phi) is 5.33. The van der Waals surface area contributed by atoms with E-state index in [1.165, 1.54) is 0 Å². The van der Waals surface area contributed by atoms with Crippen LogP contribution in [-0.4, -0.2) is 60.1 Å². The van der Waals surface area contributed by atoms with Crippen molar-refractivity contribution in [3.05, 3.63) is 16.9 Å². The van der Waals surface area contributed by atoms with Gasteiger partial charge in [-0.1, -0.05) is 0 Å². The summed E-state index contributed by atoms with van der Waals surface area (Å²) in [5.41, 5.74) is 2.77. The van der Waals surface area contributed by atoms with Crippen molar-refractivity contribution < 1.29 is 14.6 Å². The van der Waals surface area contributed by atoms with Gasteiger partial charge in [0.15, 0.2) is 0 Å². The van der Waals surface area contributed by atoms with Crippen molar-refractivity contribution in [3.63, 3.8) is 0 Å². The van der Waals surface area contributed by atoms with Crippen LogP contribution in [-0.2, 0) is 4.74 Å². The normalized spacial score (nSPS) is 18.5. The number of ether oxygens (including phenoxy) is 1. The Morgan fingerprint density at radius 3 is 3.16 bits per heavy atom. The van der Waals surface area contributed by atoms with Gasteiger partial charge in [0.1, 0.15) is 5.65 Å². The SMILES string of the molecule is CO[C@H](C)CNc1c[nH]c2ncc(Br)c(N3CC[C@@H](NC(=O)O)C3)c12. The van der Waals surface area contributed by atoms with Gasteiger partial charge in [0, 0.05) is 39.1 Å². The van der Waals surface area contributed by atoms with Gasteiger partial charge in [-0.2, -0.15) is 0 Å². The third-order valence-electron chi connectivity index (χ3n) is 4.44. The van der Waals surface area contributed by atoms with Gasteiger partial charge in [0.2, 0.25) is 0 Å². The van der Waals surface area contributed by atoms with E-state index in [2.05, 4.69) is 41.4 Å². The minimum Gasteiger partial charge on any atom is -0.465 e. The summed E-state index contributed by atoms with van der Waals surface area (Å²) >= 11 is 3.60. The Bertz CT molecular complexity index is 766. The topological polar surface area (TPSA) is 103 Å². The highest BCUT2D eigenvalue weighted by atomic mass is 79.9. The minimum atomic E-state index is -0.983. The number of nitrogens with one attached hydrogen (secondary N) is 3. The molecule has 2 aromatic heterocycles. The molecule has 4 N–H and O–H groups in total. The molecule has 9 heteroatoms. The van der Waals surface area contributed by atoms with Gasteiger partial charge in [-0.05, 0) is 29.3 Å². The lowest BCUT2D eigenvalue weighted by atomic mass is 10.2. The number of pyridine rings is 1. The number of nitrogens with zero attached hydrogens (tertiary/aromatic N) is 2. The number of fused-ring (bicyclic) bond motifs is 1. The van der Waals surface area contributed by atoms with Crippen molar-refractivity contribution in [3.8, 4) is 0 Å². The maximum atomic E-state index is 10.9. The molecule has 1 amide bonds. The molecular weight excluding hydrogens is 390 g/mol. The maximum Gasteiger partial charge on any atom is 0.404 e. The Balaban J connectivity index is 1.90. The predicted octanol–water partition coefficient (Wildman–Crippen LogP) is 2.62. The molecular formula is C16H22BrN5O3. The van der Waals surface area contributed by atoms with E-state index in [4.69, 9.17) is 9.84 Å². The molecule has 0 aliphatic carbocycles. The first kappa shape index (κ1) is 17.8. The van der Waals surface area contributed by atoms with Gasteiger partial charge >= 0.3 is 6.09 Å². The summed E-state index contributed by atoms with van der Waals surface area (Å²) in [5, 5.41) is 15.9. The molecule has 1 aliphatic rings.